The first-order valence-corrected chi connectivity index (χ1v) is 11.9. The molecular formula is C27H18F6N4O2. The molecule has 6 nitrogen and oxygen atoms in total. The molecule has 2 aliphatic heterocycles. The highest BCUT2D eigenvalue weighted by molar-refractivity contribution is 6.10. The number of aromatic nitrogens is 1. The minimum atomic E-state index is -1.51. The van der Waals surface area contributed by atoms with E-state index >= 15 is 4.39 Å². The van der Waals surface area contributed by atoms with Crippen LogP contribution in [0.3, 0.4) is 0 Å². The van der Waals surface area contributed by atoms with Crippen LogP contribution < -0.4 is 20.1 Å². The first-order chi connectivity index (χ1) is 18.7. The van der Waals surface area contributed by atoms with Crippen molar-refractivity contribution in [2.24, 2.45) is 0 Å². The van der Waals surface area contributed by atoms with Crippen LogP contribution in [-0.4, -0.2) is 43.3 Å². The predicted molar refractivity (Wildman–Crippen MR) is 131 cm³/mol. The Bertz CT molecular complexity index is 1640. The Morgan fingerprint density at radius 1 is 0.974 bits per heavy atom. The van der Waals surface area contributed by atoms with Gasteiger partial charge in [0.15, 0.2) is 11.6 Å². The van der Waals surface area contributed by atoms with Crippen LogP contribution in [0.25, 0.3) is 22.0 Å². The van der Waals surface area contributed by atoms with E-state index < -0.39 is 52.3 Å². The number of hydrazine groups is 1. The predicted octanol–water partition coefficient (Wildman–Crippen LogP) is 5.30. The zero-order chi connectivity index (χ0) is 27.4. The van der Waals surface area contributed by atoms with Crippen LogP contribution in [0.5, 0.6) is 5.75 Å². The molecule has 0 aliphatic carbocycles. The van der Waals surface area contributed by atoms with E-state index in [9.17, 15) is 26.7 Å². The Kier molecular flexibility index (Phi) is 5.96. The maximum absolute atomic E-state index is 15.0. The second-order valence-electron chi connectivity index (χ2n) is 9.14. The number of hydrogen-bond acceptors (Lipinski definition) is 5. The van der Waals surface area contributed by atoms with E-state index in [4.69, 9.17) is 4.74 Å². The van der Waals surface area contributed by atoms with Crippen molar-refractivity contribution in [1.29, 1.82) is 0 Å². The van der Waals surface area contributed by atoms with Crippen molar-refractivity contribution in [3.63, 3.8) is 0 Å². The Morgan fingerprint density at radius 3 is 2.54 bits per heavy atom. The standard InChI is InChI=1S/C27H18F6N4O2/c28-13-1-4-22-21(9-13)37(5-6-39-22)35-27(38)18-10-34-25-16(26(18)36-11-15(30)12-36)2-3-19(31)23(25)17-7-14(29)8-20(32)24(17)33/h1-4,7-10,15H,5-6,11-12H2,(H,35,38). The van der Waals surface area contributed by atoms with Gasteiger partial charge in [-0.3, -0.25) is 20.2 Å². The molecule has 0 spiro atoms. The van der Waals surface area contributed by atoms with Crippen molar-refractivity contribution in [1.82, 2.24) is 10.4 Å². The Balaban J connectivity index is 1.48. The molecule has 1 amide bonds. The summed E-state index contributed by atoms with van der Waals surface area (Å²) in [6, 6.07) is 7.06. The molecular weight excluding hydrogens is 526 g/mol. The highest BCUT2D eigenvalue weighted by Gasteiger charge is 2.33. The summed E-state index contributed by atoms with van der Waals surface area (Å²) >= 11 is 0. The maximum atomic E-state index is 15.0. The van der Waals surface area contributed by atoms with Gasteiger partial charge >= 0.3 is 0 Å². The van der Waals surface area contributed by atoms with Gasteiger partial charge < -0.3 is 9.64 Å². The number of pyridine rings is 1. The number of alkyl halides is 1. The smallest absolute Gasteiger partial charge is 0.273 e. The average Bonchev–Trinajstić information content (AvgIpc) is 2.89. The van der Waals surface area contributed by atoms with Gasteiger partial charge in [-0.15, -0.1) is 0 Å². The zero-order valence-corrected chi connectivity index (χ0v) is 20.0. The minimum Gasteiger partial charge on any atom is -0.489 e. The number of carbonyl (C=O) groups excluding carboxylic acids is 1. The molecule has 1 aromatic heterocycles. The molecule has 12 heteroatoms. The molecule has 6 rings (SSSR count). The molecule has 3 aromatic carbocycles. The fraction of sp³-hybridized carbons (Fsp3) is 0.185. The summed E-state index contributed by atoms with van der Waals surface area (Å²) in [6.45, 7) is 0.228. The van der Waals surface area contributed by atoms with Gasteiger partial charge in [-0.25, -0.2) is 26.3 Å². The summed E-state index contributed by atoms with van der Waals surface area (Å²) in [6.07, 6.45) is -0.0879. The monoisotopic (exact) mass is 544 g/mol. The molecule has 0 saturated carbocycles. The zero-order valence-electron chi connectivity index (χ0n) is 20.0. The van der Waals surface area contributed by atoms with Crippen LogP contribution in [0.4, 0.5) is 37.7 Å². The van der Waals surface area contributed by atoms with Gasteiger partial charge in [0.2, 0.25) is 0 Å². The number of nitrogens with zero attached hydrogens (tertiary/aromatic N) is 3. The molecule has 4 aromatic rings. The van der Waals surface area contributed by atoms with Crippen molar-refractivity contribution in [3.8, 4) is 16.9 Å². The lowest BCUT2D eigenvalue weighted by Crippen LogP contribution is -2.50. The van der Waals surface area contributed by atoms with E-state index in [-0.39, 0.29) is 54.1 Å². The van der Waals surface area contributed by atoms with Crippen LogP contribution in [0.2, 0.25) is 0 Å². The number of nitrogens with one attached hydrogen (secondary N) is 1. The van der Waals surface area contributed by atoms with Crippen molar-refractivity contribution in [3.05, 3.63) is 83.3 Å². The third-order valence-corrected chi connectivity index (χ3v) is 6.64. The quantitative estimate of drug-likeness (QED) is 0.279. The fourth-order valence-electron chi connectivity index (χ4n) is 4.83. The Labute approximate surface area is 217 Å². The molecule has 0 bridgehead atoms. The molecule has 1 fully saturated rings. The Hall–Kier alpha value is -4.48. The number of carbonyl (C=O) groups is 1. The van der Waals surface area contributed by atoms with Crippen LogP contribution in [0, 0.1) is 29.1 Å². The van der Waals surface area contributed by atoms with Gasteiger partial charge in [0, 0.05) is 34.8 Å². The van der Waals surface area contributed by atoms with Crippen LogP contribution in [-0.2, 0) is 0 Å². The largest absolute Gasteiger partial charge is 0.489 e. The number of benzene rings is 3. The summed E-state index contributed by atoms with van der Waals surface area (Å²) in [5.74, 6) is -5.98. The van der Waals surface area contributed by atoms with Gasteiger partial charge in [-0.2, -0.15) is 0 Å². The van der Waals surface area contributed by atoms with Crippen molar-refractivity contribution in [2.45, 2.75) is 6.17 Å². The molecule has 2 aliphatic rings. The number of rotatable bonds is 4. The van der Waals surface area contributed by atoms with E-state index in [1.54, 1.807) is 0 Å². The summed E-state index contributed by atoms with van der Waals surface area (Å²) in [7, 11) is 0. The number of hydrogen-bond donors (Lipinski definition) is 1. The lowest BCUT2D eigenvalue weighted by Gasteiger charge is -2.38. The minimum absolute atomic E-state index is 0.0257. The average molecular weight is 544 g/mol. The van der Waals surface area contributed by atoms with E-state index in [1.807, 2.05) is 0 Å². The van der Waals surface area contributed by atoms with Crippen molar-refractivity contribution in [2.75, 3.05) is 36.1 Å². The lowest BCUT2D eigenvalue weighted by molar-refractivity contribution is 0.0944. The first-order valence-electron chi connectivity index (χ1n) is 11.9. The van der Waals surface area contributed by atoms with Gasteiger partial charge in [-0.05, 0) is 30.3 Å². The number of amides is 1. The van der Waals surface area contributed by atoms with Gasteiger partial charge in [0.25, 0.3) is 5.91 Å². The maximum Gasteiger partial charge on any atom is 0.273 e. The summed E-state index contributed by atoms with van der Waals surface area (Å²) in [5, 5.41) is 1.54. The summed E-state index contributed by atoms with van der Waals surface area (Å²) in [4.78, 5) is 19.2. The molecule has 0 atom stereocenters. The van der Waals surface area contributed by atoms with E-state index in [0.29, 0.717) is 17.9 Å². The first kappa shape index (κ1) is 24.8. The topological polar surface area (TPSA) is 57.7 Å². The number of halogens is 6. The summed E-state index contributed by atoms with van der Waals surface area (Å²) < 4.78 is 91.0. The van der Waals surface area contributed by atoms with Gasteiger partial charge in [0.05, 0.1) is 36.4 Å². The number of ether oxygens (including phenoxy) is 1. The lowest BCUT2D eigenvalue weighted by atomic mass is 9.97. The van der Waals surface area contributed by atoms with Gasteiger partial charge in [0.1, 0.15) is 41.7 Å². The highest BCUT2D eigenvalue weighted by atomic mass is 19.2. The molecule has 0 unspecified atom stereocenters. The fourth-order valence-corrected chi connectivity index (χ4v) is 4.83. The Morgan fingerprint density at radius 2 is 1.77 bits per heavy atom. The van der Waals surface area contributed by atoms with Crippen molar-refractivity contribution >= 4 is 28.2 Å². The second-order valence-corrected chi connectivity index (χ2v) is 9.14. The molecule has 0 radical (unpaired) electrons. The molecule has 1 N–H and O–H groups in total. The third-order valence-electron chi connectivity index (χ3n) is 6.64. The van der Waals surface area contributed by atoms with Gasteiger partial charge in [-0.1, -0.05) is 0 Å². The number of anilines is 2. The van der Waals surface area contributed by atoms with E-state index in [2.05, 4.69) is 10.4 Å². The van der Waals surface area contributed by atoms with Crippen LogP contribution >= 0.6 is 0 Å². The SMILES string of the molecule is O=C(NN1CCOc2ccc(F)cc21)c1cnc2c(-c3cc(F)cc(F)c3F)c(F)ccc2c1N1CC(F)C1. The van der Waals surface area contributed by atoms with E-state index in [1.165, 1.54) is 34.2 Å². The molecule has 39 heavy (non-hydrogen) atoms. The highest BCUT2D eigenvalue weighted by Crippen LogP contribution is 2.40. The van der Waals surface area contributed by atoms with Crippen LogP contribution in [0.1, 0.15) is 10.4 Å². The molecule has 200 valence electrons. The third kappa shape index (κ3) is 4.25. The number of fused-ring (bicyclic) bond motifs is 2. The van der Waals surface area contributed by atoms with E-state index in [0.717, 1.165) is 12.3 Å². The molecule has 3 heterocycles. The summed E-state index contributed by atoms with van der Waals surface area (Å²) in [5.41, 5.74) is 1.74. The normalized spacial score (nSPS) is 15.1. The van der Waals surface area contributed by atoms with Crippen LogP contribution in [0.15, 0.2) is 48.7 Å². The van der Waals surface area contributed by atoms with Crippen molar-refractivity contribution < 1.29 is 35.9 Å². The second kappa shape index (κ2) is 9.37. The molecule has 1 saturated heterocycles.